The molecular weight excluding hydrogens is 428 g/mol. The topological polar surface area (TPSA) is 80.9 Å². The first-order valence-corrected chi connectivity index (χ1v) is 11.2. The van der Waals surface area contributed by atoms with E-state index in [-0.39, 0.29) is 5.91 Å². The quantitative estimate of drug-likeness (QED) is 0.349. The lowest BCUT2D eigenvalue weighted by molar-refractivity contribution is 0.102. The van der Waals surface area contributed by atoms with Gasteiger partial charge in [-0.05, 0) is 61.0 Å². The first kappa shape index (κ1) is 18.2. The molecule has 0 radical (unpaired) electrons. The van der Waals surface area contributed by atoms with Gasteiger partial charge in [0.1, 0.15) is 10.5 Å². The average molecular weight is 443 g/mol. The van der Waals surface area contributed by atoms with Crippen LogP contribution in [0.2, 0.25) is 0 Å². The summed E-state index contributed by atoms with van der Waals surface area (Å²) in [5, 5.41) is 4.41. The van der Waals surface area contributed by atoms with E-state index >= 15 is 0 Å². The molecule has 1 N–H and O–H groups in total. The number of fused-ring (bicyclic) bond motifs is 3. The maximum atomic E-state index is 12.7. The normalized spacial score (nSPS) is 11.5. The average Bonchev–Trinajstić information content (AvgIpc) is 3.49. The van der Waals surface area contributed by atoms with Crippen LogP contribution in [0.3, 0.4) is 0 Å². The van der Waals surface area contributed by atoms with Gasteiger partial charge in [-0.2, -0.15) is 0 Å². The molecule has 0 saturated carbocycles. The van der Waals surface area contributed by atoms with E-state index in [1.54, 1.807) is 29.5 Å². The van der Waals surface area contributed by atoms with Gasteiger partial charge in [-0.25, -0.2) is 15.0 Å². The van der Waals surface area contributed by atoms with E-state index in [4.69, 9.17) is 9.40 Å². The molecule has 6 rings (SSSR count). The Morgan fingerprint density at radius 1 is 0.903 bits per heavy atom. The van der Waals surface area contributed by atoms with Gasteiger partial charge in [-0.15, -0.1) is 11.3 Å². The van der Waals surface area contributed by atoms with Gasteiger partial charge in [0.15, 0.2) is 17.1 Å². The highest BCUT2D eigenvalue weighted by Crippen LogP contribution is 2.34. The molecule has 0 aliphatic rings. The maximum absolute atomic E-state index is 12.7. The number of benzene rings is 3. The van der Waals surface area contributed by atoms with Crippen molar-refractivity contribution in [3.63, 3.8) is 0 Å². The molecular formula is C23H14N4O2S2. The fraction of sp³-hybridized carbons (Fsp3) is 0.0435. The number of thiazole rings is 2. The Balaban J connectivity index is 1.30. The molecule has 0 atom stereocenters. The van der Waals surface area contributed by atoms with Crippen LogP contribution in [0.5, 0.6) is 0 Å². The molecule has 0 aliphatic carbocycles. The van der Waals surface area contributed by atoms with Gasteiger partial charge in [0.05, 0.1) is 20.4 Å². The molecule has 0 unspecified atom stereocenters. The summed E-state index contributed by atoms with van der Waals surface area (Å²) in [5.41, 5.74) is 5.90. The highest BCUT2D eigenvalue weighted by molar-refractivity contribution is 7.23. The lowest BCUT2D eigenvalue weighted by Crippen LogP contribution is -2.11. The molecule has 3 heterocycles. The number of aryl methyl sites for hydroxylation is 1. The van der Waals surface area contributed by atoms with Gasteiger partial charge >= 0.3 is 0 Å². The largest absolute Gasteiger partial charge is 0.443 e. The number of carbonyl (C=O) groups excluding carboxylic acids is 1. The Bertz CT molecular complexity index is 1610. The lowest BCUT2D eigenvalue weighted by Gasteiger charge is -2.00. The second-order valence-corrected chi connectivity index (χ2v) is 9.24. The Morgan fingerprint density at radius 3 is 2.65 bits per heavy atom. The summed E-state index contributed by atoms with van der Waals surface area (Å²) >= 11 is 3.12. The van der Waals surface area contributed by atoms with Crippen molar-refractivity contribution in [2.24, 2.45) is 0 Å². The Kier molecular flexibility index (Phi) is 4.09. The minimum Gasteiger partial charge on any atom is -0.443 e. The van der Waals surface area contributed by atoms with Crippen LogP contribution in [-0.2, 0) is 0 Å². The molecule has 8 heteroatoms. The molecule has 31 heavy (non-hydrogen) atoms. The highest BCUT2D eigenvalue weighted by atomic mass is 32.1. The molecule has 0 fully saturated rings. The number of hydrogen-bond acceptors (Lipinski definition) is 7. The summed E-state index contributed by atoms with van der Waals surface area (Å²) < 4.78 is 7.45. The van der Waals surface area contributed by atoms with E-state index in [1.807, 2.05) is 12.1 Å². The molecule has 0 spiro atoms. The Hall–Kier alpha value is -3.62. The van der Waals surface area contributed by atoms with Crippen LogP contribution in [0.4, 0.5) is 5.13 Å². The minimum atomic E-state index is -0.237. The summed E-state index contributed by atoms with van der Waals surface area (Å²) in [5.74, 6) is -0.237. The zero-order valence-corrected chi connectivity index (χ0v) is 17.9. The second kappa shape index (κ2) is 6.97. The third kappa shape index (κ3) is 3.26. The number of hydrogen-bond donors (Lipinski definition) is 1. The maximum Gasteiger partial charge on any atom is 0.257 e. The molecule has 3 aromatic carbocycles. The van der Waals surface area contributed by atoms with Crippen molar-refractivity contribution in [2.75, 3.05) is 5.32 Å². The van der Waals surface area contributed by atoms with Crippen LogP contribution < -0.4 is 5.32 Å². The number of amides is 1. The molecule has 0 saturated heterocycles. The fourth-order valence-corrected chi connectivity index (χ4v) is 5.39. The number of aromatic nitrogens is 3. The van der Waals surface area contributed by atoms with Crippen LogP contribution in [0, 0.1) is 6.92 Å². The monoisotopic (exact) mass is 442 g/mol. The third-order valence-electron chi connectivity index (χ3n) is 4.99. The summed E-state index contributed by atoms with van der Waals surface area (Å²) in [4.78, 5) is 26.0. The molecule has 3 aromatic heterocycles. The zero-order valence-electron chi connectivity index (χ0n) is 16.2. The summed E-state index contributed by atoms with van der Waals surface area (Å²) in [6.45, 7) is 2.08. The van der Waals surface area contributed by atoms with E-state index in [1.165, 1.54) is 28.0 Å². The molecule has 150 valence electrons. The number of oxazole rings is 1. The molecule has 1 amide bonds. The summed E-state index contributed by atoms with van der Waals surface area (Å²) in [7, 11) is 0. The summed E-state index contributed by atoms with van der Waals surface area (Å²) in [6, 6.07) is 17.5. The van der Waals surface area contributed by atoms with Crippen LogP contribution in [0.1, 0.15) is 15.9 Å². The van der Waals surface area contributed by atoms with Gasteiger partial charge in [-0.3, -0.25) is 10.1 Å². The SMILES string of the molecule is Cc1ccc2nc(-c3ccc4nc(NC(=O)c5ccc6ncoc6c5)sc4c3)sc2c1. The second-order valence-electron chi connectivity index (χ2n) is 7.18. The lowest BCUT2D eigenvalue weighted by atomic mass is 10.2. The Labute approximate surface area is 184 Å². The van der Waals surface area contributed by atoms with Crippen molar-refractivity contribution >= 4 is 65.2 Å². The predicted octanol–water partition coefficient (Wildman–Crippen LogP) is 6.27. The number of carbonyl (C=O) groups is 1. The fourth-order valence-electron chi connectivity index (χ4n) is 3.43. The van der Waals surface area contributed by atoms with E-state index in [9.17, 15) is 4.79 Å². The van der Waals surface area contributed by atoms with Crippen molar-refractivity contribution in [3.8, 4) is 10.6 Å². The number of rotatable bonds is 3. The van der Waals surface area contributed by atoms with Gasteiger partial charge in [0.2, 0.25) is 0 Å². The number of anilines is 1. The van der Waals surface area contributed by atoms with Crippen LogP contribution in [0.15, 0.2) is 65.4 Å². The zero-order chi connectivity index (χ0) is 20.9. The van der Waals surface area contributed by atoms with Crippen LogP contribution in [-0.4, -0.2) is 20.9 Å². The molecule has 6 nitrogen and oxygen atoms in total. The number of nitrogens with zero attached hydrogens (tertiary/aromatic N) is 3. The molecule has 0 aliphatic heterocycles. The van der Waals surface area contributed by atoms with Crippen LogP contribution >= 0.6 is 22.7 Å². The smallest absolute Gasteiger partial charge is 0.257 e. The van der Waals surface area contributed by atoms with Gasteiger partial charge in [-0.1, -0.05) is 17.4 Å². The first-order valence-electron chi connectivity index (χ1n) is 9.55. The Morgan fingerprint density at radius 2 is 1.71 bits per heavy atom. The predicted molar refractivity (Wildman–Crippen MR) is 125 cm³/mol. The van der Waals surface area contributed by atoms with Gasteiger partial charge in [0, 0.05) is 11.1 Å². The van der Waals surface area contributed by atoms with Gasteiger partial charge in [0.25, 0.3) is 5.91 Å². The van der Waals surface area contributed by atoms with E-state index in [2.05, 4.69) is 46.5 Å². The highest BCUT2D eigenvalue weighted by Gasteiger charge is 2.13. The van der Waals surface area contributed by atoms with Crippen molar-refractivity contribution in [3.05, 3.63) is 72.1 Å². The van der Waals surface area contributed by atoms with E-state index < -0.39 is 0 Å². The first-order chi connectivity index (χ1) is 15.1. The molecule has 0 bridgehead atoms. The van der Waals surface area contributed by atoms with Crippen LogP contribution in [0.25, 0.3) is 42.1 Å². The minimum absolute atomic E-state index is 0.237. The van der Waals surface area contributed by atoms with Crippen molar-refractivity contribution in [2.45, 2.75) is 6.92 Å². The summed E-state index contributed by atoms with van der Waals surface area (Å²) in [6.07, 6.45) is 1.37. The molecule has 6 aromatic rings. The van der Waals surface area contributed by atoms with Crippen molar-refractivity contribution < 1.29 is 9.21 Å². The van der Waals surface area contributed by atoms with Crippen molar-refractivity contribution in [1.82, 2.24) is 15.0 Å². The van der Waals surface area contributed by atoms with Crippen molar-refractivity contribution in [1.29, 1.82) is 0 Å². The standard InChI is InChI=1S/C23H14N4O2S2/c1-12-2-5-16-19(8-12)30-22(25-16)14-4-7-17-20(10-14)31-23(26-17)27-21(28)13-3-6-15-18(9-13)29-11-24-15/h2-11H,1H3,(H,26,27,28). The number of nitrogens with one attached hydrogen (secondary N) is 1. The van der Waals surface area contributed by atoms with E-state index in [0.29, 0.717) is 21.8 Å². The van der Waals surface area contributed by atoms with E-state index in [0.717, 1.165) is 26.3 Å². The third-order valence-corrected chi connectivity index (χ3v) is 6.99. The van der Waals surface area contributed by atoms with Gasteiger partial charge < -0.3 is 4.42 Å².